The molecule has 2 N–H and O–H groups in total. The van der Waals surface area contributed by atoms with Crippen LogP contribution in [0.3, 0.4) is 0 Å². The highest BCUT2D eigenvalue weighted by Gasteiger charge is 2.39. The lowest BCUT2D eigenvalue weighted by Gasteiger charge is -2.13. The van der Waals surface area contributed by atoms with Gasteiger partial charge in [0.15, 0.2) is 0 Å². The second-order valence-electron chi connectivity index (χ2n) is 8.26. The topological polar surface area (TPSA) is 105 Å². The third kappa shape index (κ3) is 5.08. The molecule has 0 radical (unpaired) electrons. The summed E-state index contributed by atoms with van der Waals surface area (Å²) in [7, 11) is 1.32. The van der Waals surface area contributed by atoms with Crippen LogP contribution in [-0.4, -0.2) is 48.4 Å². The van der Waals surface area contributed by atoms with Crippen LogP contribution in [0.2, 0.25) is 0 Å². The Kier molecular flexibility index (Phi) is 7.08. The summed E-state index contributed by atoms with van der Waals surface area (Å²) in [5.74, 6) is -1.43. The van der Waals surface area contributed by atoms with Crippen LogP contribution in [0.5, 0.6) is 0 Å². The SMILES string of the molecule is COC(=O)c1c(NC(=O)CN2C(=O)N[C@@H](CCc3ccccc3)C2=O)sc2c1CCCCC2. The lowest BCUT2D eigenvalue weighted by atomic mass is 10.1. The van der Waals surface area contributed by atoms with Gasteiger partial charge in [-0.1, -0.05) is 36.8 Å². The van der Waals surface area contributed by atoms with Crippen molar-refractivity contribution >= 4 is 40.2 Å². The fourth-order valence-electron chi connectivity index (χ4n) is 4.34. The first-order valence-electron chi connectivity index (χ1n) is 11.2. The van der Waals surface area contributed by atoms with Crippen molar-refractivity contribution in [2.75, 3.05) is 19.0 Å². The number of urea groups is 1. The number of hydrogen-bond donors (Lipinski definition) is 2. The number of carbonyl (C=O) groups excluding carboxylic acids is 4. The van der Waals surface area contributed by atoms with Crippen LogP contribution in [0, 0.1) is 0 Å². The number of methoxy groups -OCH3 is 1. The number of benzene rings is 1. The molecular formula is C24H27N3O5S. The van der Waals surface area contributed by atoms with Gasteiger partial charge in [-0.15, -0.1) is 11.3 Å². The fraction of sp³-hybridized carbons (Fsp3) is 0.417. The largest absolute Gasteiger partial charge is 0.465 e. The molecule has 4 rings (SSSR count). The minimum absolute atomic E-state index is 0.394. The van der Waals surface area contributed by atoms with Crippen LogP contribution < -0.4 is 10.6 Å². The normalized spacial score (nSPS) is 17.8. The number of amides is 4. The maximum Gasteiger partial charge on any atom is 0.341 e. The molecule has 1 fully saturated rings. The first-order chi connectivity index (χ1) is 16.0. The number of imide groups is 1. The lowest BCUT2D eigenvalue weighted by molar-refractivity contribution is -0.130. The monoisotopic (exact) mass is 469 g/mol. The van der Waals surface area contributed by atoms with E-state index < -0.39 is 36.4 Å². The van der Waals surface area contributed by atoms with Gasteiger partial charge in [0.05, 0.1) is 12.7 Å². The Morgan fingerprint density at radius 3 is 2.67 bits per heavy atom. The number of thiophene rings is 1. The van der Waals surface area contributed by atoms with Crippen molar-refractivity contribution in [2.24, 2.45) is 0 Å². The minimum Gasteiger partial charge on any atom is -0.465 e. The summed E-state index contributed by atoms with van der Waals surface area (Å²) in [6.07, 6.45) is 5.83. The van der Waals surface area contributed by atoms with E-state index in [9.17, 15) is 19.2 Å². The van der Waals surface area contributed by atoms with Gasteiger partial charge in [0.1, 0.15) is 17.6 Å². The van der Waals surface area contributed by atoms with E-state index in [1.807, 2.05) is 30.3 Å². The van der Waals surface area contributed by atoms with Gasteiger partial charge in [0.2, 0.25) is 5.91 Å². The zero-order chi connectivity index (χ0) is 23.4. The van der Waals surface area contributed by atoms with Crippen molar-refractivity contribution in [3.05, 3.63) is 51.9 Å². The molecule has 0 bridgehead atoms. The van der Waals surface area contributed by atoms with Gasteiger partial charge in [-0.25, -0.2) is 9.59 Å². The van der Waals surface area contributed by atoms with Crippen molar-refractivity contribution in [1.29, 1.82) is 0 Å². The van der Waals surface area contributed by atoms with Gasteiger partial charge >= 0.3 is 12.0 Å². The van der Waals surface area contributed by atoms with E-state index in [1.165, 1.54) is 18.4 Å². The summed E-state index contributed by atoms with van der Waals surface area (Å²) in [6, 6.07) is 8.46. The Balaban J connectivity index is 1.42. The number of nitrogens with one attached hydrogen (secondary N) is 2. The van der Waals surface area contributed by atoms with Crippen molar-refractivity contribution in [3.8, 4) is 0 Å². The molecule has 33 heavy (non-hydrogen) atoms. The van der Waals surface area contributed by atoms with Gasteiger partial charge in [0.25, 0.3) is 5.91 Å². The number of ether oxygens (including phenoxy) is 1. The van der Waals surface area contributed by atoms with E-state index >= 15 is 0 Å². The number of carbonyl (C=O) groups is 4. The van der Waals surface area contributed by atoms with Gasteiger partial charge in [0, 0.05) is 4.88 Å². The van der Waals surface area contributed by atoms with Crippen LogP contribution in [-0.2, 0) is 33.6 Å². The number of anilines is 1. The molecule has 0 spiro atoms. The molecule has 174 valence electrons. The van der Waals surface area contributed by atoms with Gasteiger partial charge in [-0.05, 0) is 49.7 Å². The van der Waals surface area contributed by atoms with Crippen molar-refractivity contribution in [3.63, 3.8) is 0 Å². The molecule has 9 heteroatoms. The molecule has 0 saturated carbocycles. The standard InChI is InChI=1S/C24H27N3O5S/c1-32-23(30)20-16-10-6-3-7-11-18(16)33-21(20)26-19(28)14-27-22(29)17(25-24(27)31)13-12-15-8-4-2-5-9-15/h2,4-5,8-9,17H,3,6-7,10-14H2,1H3,(H,25,31)(H,26,28)/t17-/m0/s1. The van der Waals surface area contributed by atoms with Gasteiger partial charge in [-0.3, -0.25) is 14.5 Å². The molecule has 2 heterocycles. The third-order valence-electron chi connectivity index (χ3n) is 6.04. The first-order valence-corrected chi connectivity index (χ1v) is 12.0. The highest BCUT2D eigenvalue weighted by atomic mass is 32.1. The summed E-state index contributed by atoms with van der Waals surface area (Å²) in [4.78, 5) is 52.3. The Morgan fingerprint density at radius 1 is 1.15 bits per heavy atom. The molecule has 1 aliphatic heterocycles. The Morgan fingerprint density at radius 2 is 1.91 bits per heavy atom. The number of aryl methyl sites for hydroxylation is 2. The van der Waals surface area contributed by atoms with Gasteiger partial charge < -0.3 is 15.4 Å². The van der Waals surface area contributed by atoms with Crippen molar-refractivity contribution in [1.82, 2.24) is 10.2 Å². The molecule has 2 aromatic rings. The molecule has 1 atom stereocenters. The smallest absolute Gasteiger partial charge is 0.341 e. The zero-order valence-electron chi connectivity index (χ0n) is 18.5. The van der Waals surface area contributed by atoms with Crippen LogP contribution in [0.15, 0.2) is 30.3 Å². The molecule has 1 aromatic heterocycles. The zero-order valence-corrected chi connectivity index (χ0v) is 19.3. The predicted octanol–water partition coefficient (Wildman–Crippen LogP) is 3.30. The predicted molar refractivity (Wildman–Crippen MR) is 124 cm³/mol. The van der Waals surface area contributed by atoms with E-state index in [0.29, 0.717) is 23.4 Å². The Labute approximate surface area is 196 Å². The fourth-order valence-corrected chi connectivity index (χ4v) is 5.63. The second kappa shape index (κ2) is 10.2. The molecule has 1 aliphatic carbocycles. The quantitative estimate of drug-likeness (QED) is 0.368. The highest BCUT2D eigenvalue weighted by molar-refractivity contribution is 7.17. The maximum absolute atomic E-state index is 12.8. The molecule has 2 aliphatic rings. The third-order valence-corrected chi connectivity index (χ3v) is 7.24. The van der Waals surface area contributed by atoms with E-state index in [1.54, 1.807) is 0 Å². The molecule has 0 unspecified atom stereocenters. The summed E-state index contributed by atoms with van der Waals surface area (Å²) in [5.41, 5.74) is 2.41. The van der Waals surface area contributed by atoms with E-state index in [0.717, 1.165) is 53.0 Å². The number of esters is 1. The van der Waals surface area contributed by atoms with Crippen LogP contribution in [0.25, 0.3) is 0 Å². The average molecular weight is 470 g/mol. The van der Waals surface area contributed by atoms with Gasteiger partial charge in [-0.2, -0.15) is 0 Å². The first kappa shape index (κ1) is 23.0. The summed E-state index contributed by atoms with van der Waals surface area (Å²) in [5, 5.41) is 5.84. The second-order valence-corrected chi connectivity index (χ2v) is 9.36. The van der Waals surface area contributed by atoms with Crippen LogP contribution >= 0.6 is 11.3 Å². The number of hydrogen-bond acceptors (Lipinski definition) is 6. The number of fused-ring (bicyclic) bond motifs is 1. The summed E-state index contributed by atoms with van der Waals surface area (Å²) in [6.45, 7) is -0.407. The molecule has 1 saturated heterocycles. The van der Waals surface area contributed by atoms with Crippen LogP contribution in [0.1, 0.15) is 52.0 Å². The van der Waals surface area contributed by atoms with Crippen molar-refractivity contribution < 1.29 is 23.9 Å². The molecular weight excluding hydrogens is 442 g/mol. The van der Waals surface area contributed by atoms with E-state index in [4.69, 9.17) is 4.74 Å². The Bertz CT molecular complexity index is 1070. The van der Waals surface area contributed by atoms with E-state index in [2.05, 4.69) is 10.6 Å². The average Bonchev–Trinajstić information content (AvgIpc) is 3.17. The minimum atomic E-state index is -0.658. The van der Waals surface area contributed by atoms with Crippen molar-refractivity contribution in [2.45, 2.75) is 51.0 Å². The van der Waals surface area contributed by atoms with E-state index in [-0.39, 0.29) is 0 Å². The maximum atomic E-state index is 12.8. The lowest BCUT2D eigenvalue weighted by Crippen LogP contribution is -2.38. The van der Waals surface area contributed by atoms with Crippen LogP contribution in [0.4, 0.5) is 9.80 Å². The molecule has 4 amide bonds. The summed E-state index contributed by atoms with van der Waals surface area (Å²) < 4.78 is 4.96. The molecule has 1 aromatic carbocycles. The summed E-state index contributed by atoms with van der Waals surface area (Å²) >= 11 is 1.38. The molecule has 8 nitrogen and oxygen atoms in total. The number of rotatable bonds is 7. The Hall–Kier alpha value is -3.20. The highest BCUT2D eigenvalue weighted by Crippen LogP contribution is 2.38. The number of nitrogens with zero attached hydrogens (tertiary/aromatic N) is 1.